The molecule has 0 aliphatic carbocycles. The standard InChI is InChI=1S/C13H15N5/c1-3-11-13(15)12(4-2)18(17-11)10-5-6-16-9(7-10)8-14/h5-7H,3-4,15H2,1-2H3. The molecule has 0 aromatic carbocycles. The number of aryl methyl sites for hydroxylation is 1. The van der Waals surface area contributed by atoms with Gasteiger partial charge in [-0.25, -0.2) is 9.67 Å². The Bertz CT molecular complexity index is 606. The molecule has 0 amide bonds. The lowest BCUT2D eigenvalue weighted by molar-refractivity contribution is 0.792. The summed E-state index contributed by atoms with van der Waals surface area (Å²) in [5.41, 5.74) is 9.88. The minimum Gasteiger partial charge on any atom is -0.396 e. The van der Waals surface area contributed by atoms with Crippen LogP contribution in [-0.2, 0) is 12.8 Å². The first kappa shape index (κ1) is 12.1. The molecule has 0 bridgehead atoms. The summed E-state index contributed by atoms with van der Waals surface area (Å²) < 4.78 is 1.80. The van der Waals surface area contributed by atoms with Gasteiger partial charge < -0.3 is 5.73 Å². The number of aromatic nitrogens is 3. The smallest absolute Gasteiger partial charge is 0.142 e. The van der Waals surface area contributed by atoms with Crippen LogP contribution in [0.25, 0.3) is 5.69 Å². The van der Waals surface area contributed by atoms with Crippen molar-refractivity contribution in [3.05, 3.63) is 35.4 Å². The number of hydrogen-bond acceptors (Lipinski definition) is 4. The van der Waals surface area contributed by atoms with E-state index in [1.54, 1.807) is 16.9 Å². The number of nitrogens with zero attached hydrogens (tertiary/aromatic N) is 4. The molecule has 0 saturated heterocycles. The Labute approximate surface area is 106 Å². The van der Waals surface area contributed by atoms with Crippen LogP contribution in [0.4, 0.5) is 5.69 Å². The van der Waals surface area contributed by atoms with Crippen LogP contribution < -0.4 is 5.73 Å². The molecule has 0 spiro atoms. The van der Waals surface area contributed by atoms with E-state index in [1.807, 2.05) is 26.0 Å². The fourth-order valence-corrected chi connectivity index (χ4v) is 1.94. The molecule has 0 atom stereocenters. The van der Waals surface area contributed by atoms with Crippen LogP contribution >= 0.6 is 0 Å². The van der Waals surface area contributed by atoms with Crippen LogP contribution in [0, 0.1) is 11.3 Å². The van der Waals surface area contributed by atoms with E-state index < -0.39 is 0 Å². The van der Waals surface area contributed by atoms with Crippen molar-refractivity contribution in [1.29, 1.82) is 5.26 Å². The topological polar surface area (TPSA) is 80.5 Å². The first-order valence-electron chi connectivity index (χ1n) is 5.94. The maximum Gasteiger partial charge on any atom is 0.142 e. The van der Waals surface area contributed by atoms with E-state index >= 15 is 0 Å². The summed E-state index contributed by atoms with van der Waals surface area (Å²) in [5.74, 6) is 0. The van der Waals surface area contributed by atoms with E-state index in [9.17, 15) is 0 Å². The highest BCUT2D eigenvalue weighted by Gasteiger charge is 2.14. The van der Waals surface area contributed by atoms with Gasteiger partial charge in [-0.2, -0.15) is 10.4 Å². The van der Waals surface area contributed by atoms with E-state index in [-0.39, 0.29) is 0 Å². The van der Waals surface area contributed by atoms with Gasteiger partial charge >= 0.3 is 0 Å². The van der Waals surface area contributed by atoms with Gasteiger partial charge in [0.25, 0.3) is 0 Å². The van der Waals surface area contributed by atoms with Crippen molar-refractivity contribution in [3.63, 3.8) is 0 Å². The number of rotatable bonds is 3. The molecule has 5 heteroatoms. The van der Waals surface area contributed by atoms with Crippen LogP contribution in [0.3, 0.4) is 0 Å². The molecule has 2 aromatic rings. The van der Waals surface area contributed by atoms with Crippen molar-refractivity contribution in [2.45, 2.75) is 26.7 Å². The summed E-state index contributed by atoms with van der Waals surface area (Å²) in [6, 6.07) is 5.57. The molecule has 0 fully saturated rings. The van der Waals surface area contributed by atoms with Crippen molar-refractivity contribution >= 4 is 5.69 Å². The predicted octanol–water partition coefficient (Wildman–Crippen LogP) is 1.85. The number of nitrogens with two attached hydrogens (primary N) is 1. The molecular weight excluding hydrogens is 226 g/mol. The second-order valence-corrected chi connectivity index (χ2v) is 3.94. The van der Waals surface area contributed by atoms with Gasteiger partial charge in [0, 0.05) is 12.3 Å². The SMILES string of the molecule is CCc1nn(-c2ccnc(C#N)c2)c(CC)c1N. The summed E-state index contributed by atoms with van der Waals surface area (Å²) in [4.78, 5) is 3.95. The van der Waals surface area contributed by atoms with E-state index in [0.29, 0.717) is 5.69 Å². The summed E-state index contributed by atoms with van der Waals surface area (Å²) in [6.07, 6.45) is 3.20. The van der Waals surface area contributed by atoms with Crippen molar-refractivity contribution in [1.82, 2.24) is 14.8 Å². The van der Waals surface area contributed by atoms with Crippen LogP contribution in [0.1, 0.15) is 30.9 Å². The Balaban J connectivity index is 2.59. The molecule has 18 heavy (non-hydrogen) atoms. The van der Waals surface area contributed by atoms with Gasteiger partial charge in [-0.15, -0.1) is 0 Å². The van der Waals surface area contributed by atoms with E-state index in [1.165, 1.54) is 0 Å². The number of anilines is 1. The molecule has 2 heterocycles. The third-order valence-corrected chi connectivity index (χ3v) is 2.87. The lowest BCUT2D eigenvalue weighted by Gasteiger charge is -2.05. The molecule has 2 aromatic heterocycles. The van der Waals surface area contributed by atoms with Crippen LogP contribution in [0.5, 0.6) is 0 Å². The summed E-state index contributed by atoms with van der Waals surface area (Å²) in [7, 11) is 0. The molecule has 0 unspecified atom stereocenters. The second kappa shape index (κ2) is 4.88. The summed E-state index contributed by atoms with van der Waals surface area (Å²) >= 11 is 0. The van der Waals surface area contributed by atoms with Gasteiger partial charge in [-0.3, -0.25) is 0 Å². The Morgan fingerprint density at radius 2 is 2.17 bits per heavy atom. The number of pyridine rings is 1. The monoisotopic (exact) mass is 241 g/mol. The highest BCUT2D eigenvalue weighted by molar-refractivity contribution is 5.52. The van der Waals surface area contributed by atoms with Crippen LogP contribution in [0.15, 0.2) is 18.3 Å². The molecule has 0 radical (unpaired) electrons. The van der Waals surface area contributed by atoms with Crippen LogP contribution in [0.2, 0.25) is 0 Å². The Morgan fingerprint density at radius 3 is 2.78 bits per heavy atom. The van der Waals surface area contributed by atoms with E-state index in [0.717, 1.165) is 35.6 Å². The van der Waals surface area contributed by atoms with E-state index in [4.69, 9.17) is 11.0 Å². The Hall–Kier alpha value is -2.35. The van der Waals surface area contributed by atoms with E-state index in [2.05, 4.69) is 10.1 Å². The zero-order valence-corrected chi connectivity index (χ0v) is 10.5. The molecule has 0 aliphatic rings. The van der Waals surface area contributed by atoms with Gasteiger partial charge in [0.05, 0.1) is 22.8 Å². The van der Waals surface area contributed by atoms with Gasteiger partial charge in [0.15, 0.2) is 0 Å². The lowest BCUT2D eigenvalue weighted by Crippen LogP contribution is -2.03. The third-order valence-electron chi connectivity index (χ3n) is 2.87. The highest BCUT2D eigenvalue weighted by atomic mass is 15.3. The first-order chi connectivity index (χ1) is 8.71. The fraction of sp³-hybridized carbons (Fsp3) is 0.308. The first-order valence-corrected chi connectivity index (χ1v) is 5.94. The number of nitrogen functional groups attached to an aromatic ring is 1. The lowest BCUT2D eigenvalue weighted by atomic mass is 10.2. The Kier molecular flexibility index (Phi) is 3.28. The van der Waals surface area contributed by atoms with Crippen molar-refractivity contribution < 1.29 is 0 Å². The molecular formula is C13H15N5. The minimum absolute atomic E-state index is 0.377. The fourth-order valence-electron chi connectivity index (χ4n) is 1.94. The largest absolute Gasteiger partial charge is 0.396 e. The maximum atomic E-state index is 8.87. The molecule has 2 rings (SSSR count). The second-order valence-electron chi connectivity index (χ2n) is 3.94. The van der Waals surface area contributed by atoms with Crippen molar-refractivity contribution in [2.24, 2.45) is 0 Å². The van der Waals surface area contributed by atoms with Gasteiger partial charge in [-0.1, -0.05) is 13.8 Å². The normalized spacial score (nSPS) is 10.3. The van der Waals surface area contributed by atoms with Crippen molar-refractivity contribution in [2.75, 3.05) is 5.73 Å². The third kappa shape index (κ3) is 1.93. The van der Waals surface area contributed by atoms with Gasteiger partial charge in [-0.05, 0) is 18.9 Å². The molecule has 0 saturated carbocycles. The number of hydrogen-bond donors (Lipinski definition) is 1. The minimum atomic E-state index is 0.377. The molecule has 5 nitrogen and oxygen atoms in total. The highest BCUT2D eigenvalue weighted by Crippen LogP contribution is 2.22. The van der Waals surface area contributed by atoms with Gasteiger partial charge in [0.2, 0.25) is 0 Å². The summed E-state index contributed by atoms with van der Waals surface area (Å²) in [6.45, 7) is 4.06. The predicted molar refractivity (Wildman–Crippen MR) is 69.2 cm³/mol. The van der Waals surface area contributed by atoms with Crippen LogP contribution in [-0.4, -0.2) is 14.8 Å². The molecule has 0 aliphatic heterocycles. The summed E-state index contributed by atoms with van der Waals surface area (Å²) in [5, 5.41) is 13.4. The Morgan fingerprint density at radius 1 is 1.39 bits per heavy atom. The zero-order chi connectivity index (χ0) is 13.1. The quantitative estimate of drug-likeness (QED) is 0.889. The number of nitriles is 1. The maximum absolute atomic E-state index is 8.87. The zero-order valence-electron chi connectivity index (χ0n) is 10.5. The molecule has 2 N–H and O–H groups in total. The molecule has 92 valence electrons. The van der Waals surface area contributed by atoms with Crippen molar-refractivity contribution in [3.8, 4) is 11.8 Å². The van der Waals surface area contributed by atoms with Gasteiger partial charge in [0.1, 0.15) is 11.8 Å². The average molecular weight is 241 g/mol. The average Bonchev–Trinajstić information content (AvgIpc) is 2.75.